The summed E-state index contributed by atoms with van der Waals surface area (Å²) >= 11 is 0. The molecule has 0 bridgehead atoms. The first-order chi connectivity index (χ1) is 5.83. The average Bonchev–Trinajstić information content (AvgIpc) is 2.16. The quantitative estimate of drug-likeness (QED) is 0.639. The fourth-order valence-electron chi connectivity index (χ4n) is 1.59. The SMILES string of the molecule is C=C[C@@H](O)CC=C1CCCCC1. The van der Waals surface area contributed by atoms with Crippen molar-refractivity contribution in [2.75, 3.05) is 0 Å². The van der Waals surface area contributed by atoms with E-state index in [0.717, 1.165) is 6.42 Å². The molecule has 0 spiro atoms. The topological polar surface area (TPSA) is 20.2 Å². The van der Waals surface area contributed by atoms with Gasteiger partial charge in [0.2, 0.25) is 0 Å². The summed E-state index contributed by atoms with van der Waals surface area (Å²) in [6, 6.07) is 0. The van der Waals surface area contributed by atoms with E-state index in [1.807, 2.05) is 0 Å². The monoisotopic (exact) mass is 166 g/mol. The Hall–Kier alpha value is -0.560. The van der Waals surface area contributed by atoms with Crippen molar-refractivity contribution >= 4 is 0 Å². The summed E-state index contributed by atoms with van der Waals surface area (Å²) in [6.07, 6.45) is 10.7. The molecule has 1 aliphatic carbocycles. The fourth-order valence-corrected chi connectivity index (χ4v) is 1.59. The van der Waals surface area contributed by atoms with E-state index in [4.69, 9.17) is 0 Å². The molecule has 1 aliphatic rings. The molecule has 0 heterocycles. The Morgan fingerprint density at radius 1 is 1.33 bits per heavy atom. The highest BCUT2D eigenvalue weighted by molar-refractivity contribution is 5.05. The van der Waals surface area contributed by atoms with E-state index in [1.165, 1.54) is 37.7 Å². The van der Waals surface area contributed by atoms with Crippen LogP contribution in [0.3, 0.4) is 0 Å². The van der Waals surface area contributed by atoms with Gasteiger partial charge < -0.3 is 5.11 Å². The minimum absolute atomic E-state index is 0.348. The van der Waals surface area contributed by atoms with Gasteiger partial charge in [0.1, 0.15) is 0 Å². The van der Waals surface area contributed by atoms with E-state index in [2.05, 4.69) is 12.7 Å². The van der Waals surface area contributed by atoms with Crippen molar-refractivity contribution in [1.29, 1.82) is 0 Å². The van der Waals surface area contributed by atoms with E-state index in [9.17, 15) is 5.11 Å². The Kier molecular flexibility index (Phi) is 4.09. The maximum absolute atomic E-state index is 9.23. The van der Waals surface area contributed by atoms with Crippen molar-refractivity contribution in [2.24, 2.45) is 0 Å². The molecular formula is C11H18O. The van der Waals surface area contributed by atoms with Crippen LogP contribution >= 0.6 is 0 Å². The Labute approximate surface area is 74.8 Å². The lowest BCUT2D eigenvalue weighted by Crippen LogP contribution is -2.00. The van der Waals surface area contributed by atoms with Crippen LogP contribution in [0.15, 0.2) is 24.3 Å². The summed E-state index contributed by atoms with van der Waals surface area (Å²) in [5, 5.41) is 9.23. The minimum atomic E-state index is -0.348. The molecule has 0 amide bonds. The molecule has 1 fully saturated rings. The zero-order valence-corrected chi connectivity index (χ0v) is 7.63. The van der Waals surface area contributed by atoms with Crippen molar-refractivity contribution < 1.29 is 5.11 Å². The highest BCUT2D eigenvalue weighted by Crippen LogP contribution is 2.23. The second kappa shape index (κ2) is 5.15. The van der Waals surface area contributed by atoms with Gasteiger partial charge in [-0.3, -0.25) is 0 Å². The molecule has 1 rings (SSSR count). The van der Waals surface area contributed by atoms with E-state index >= 15 is 0 Å². The molecule has 1 atom stereocenters. The third-order valence-corrected chi connectivity index (χ3v) is 2.42. The van der Waals surface area contributed by atoms with Crippen LogP contribution in [0.25, 0.3) is 0 Å². The zero-order chi connectivity index (χ0) is 8.81. The smallest absolute Gasteiger partial charge is 0.0752 e. The summed E-state index contributed by atoms with van der Waals surface area (Å²) in [7, 11) is 0. The third-order valence-electron chi connectivity index (χ3n) is 2.42. The second-order valence-corrected chi connectivity index (χ2v) is 3.46. The van der Waals surface area contributed by atoms with E-state index in [1.54, 1.807) is 6.08 Å². The lowest BCUT2D eigenvalue weighted by Gasteiger charge is -2.13. The Morgan fingerprint density at radius 3 is 2.58 bits per heavy atom. The molecule has 0 aromatic heterocycles. The summed E-state index contributed by atoms with van der Waals surface area (Å²) in [5.74, 6) is 0. The normalized spacial score (nSPS) is 20.2. The molecule has 0 aromatic carbocycles. The number of rotatable bonds is 3. The van der Waals surface area contributed by atoms with Gasteiger partial charge in [-0.1, -0.05) is 24.1 Å². The first kappa shape index (κ1) is 9.53. The molecular weight excluding hydrogens is 148 g/mol. The van der Waals surface area contributed by atoms with Gasteiger partial charge in [0.25, 0.3) is 0 Å². The van der Waals surface area contributed by atoms with Crippen LogP contribution in [0.2, 0.25) is 0 Å². The predicted octanol–water partition coefficient (Wildman–Crippen LogP) is 2.81. The van der Waals surface area contributed by atoms with Gasteiger partial charge >= 0.3 is 0 Å². The van der Waals surface area contributed by atoms with Crippen molar-refractivity contribution in [1.82, 2.24) is 0 Å². The molecule has 1 nitrogen and oxygen atoms in total. The van der Waals surface area contributed by atoms with Crippen molar-refractivity contribution in [2.45, 2.75) is 44.6 Å². The molecule has 1 heteroatoms. The molecule has 0 radical (unpaired) electrons. The van der Waals surface area contributed by atoms with Crippen molar-refractivity contribution in [3.8, 4) is 0 Å². The van der Waals surface area contributed by atoms with Crippen LogP contribution in [0.1, 0.15) is 38.5 Å². The van der Waals surface area contributed by atoms with E-state index in [-0.39, 0.29) is 6.10 Å². The average molecular weight is 166 g/mol. The number of hydrogen-bond acceptors (Lipinski definition) is 1. The molecule has 12 heavy (non-hydrogen) atoms. The van der Waals surface area contributed by atoms with Gasteiger partial charge in [0, 0.05) is 0 Å². The molecule has 1 N–H and O–H groups in total. The minimum Gasteiger partial charge on any atom is -0.389 e. The van der Waals surface area contributed by atoms with Crippen LogP contribution in [-0.2, 0) is 0 Å². The lowest BCUT2D eigenvalue weighted by molar-refractivity contribution is 0.227. The van der Waals surface area contributed by atoms with Gasteiger partial charge in [-0.25, -0.2) is 0 Å². The molecule has 0 unspecified atom stereocenters. The van der Waals surface area contributed by atoms with Crippen LogP contribution in [0.4, 0.5) is 0 Å². The predicted molar refractivity (Wildman–Crippen MR) is 52.0 cm³/mol. The van der Waals surface area contributed by atoms with Crippen LogP contribution < -0.4 is 0 Å². The number of aliphatic hydroxyl groups is 1. The zero-order valence-electron chi connectivity index (χ0n) is 7.63. The number of hydrogen-bond donors (Lipinski definition) is 1. The standard InChI is InChI=1S/C11H18O/c1-2-11(12)9-8-10-6-4-3-5-7-10/h2,8,11-12H,1,3-7,9H2/t11-/m1/s1. The summed E-state index contributed by atoms with van der Waals surface area (Å²) in [5.41, 5.74) is 1.53. The van der Waals surface area contributed by atoms with Crippen LogP contribution in [0, 0.1) is 0 Å². The van der Waals surface area contributed by atoms with Crippen LogP contribution in [0.5, 0.6) is 0 Å². The summed E-state index contributed by atoms with van der Waals surface area (Å²) < 4.78 is 0. The van der Waals surface area contributed by atoms with Gasteiger partial charge in [0.15, 0.2) is 0 Å². The largest absolute Gasteiger partial charge is 0.389 e. The molecule has 0 aromatic rings. The van der Waals surface area contributed by atoms with Crippen molar-refractivity contribution in [3.05, 3.63) is 24.3 Å². The van der Waals surface area contributed by atoms with E-state index in [0.29, 0.717) is 0 Å². The maximum Gasteiger partial charge on any atom is 0.0752 e. The molecule has 68 valence electrons. The Morgan fingerprint density at radius 2 is 2.00 bits per heavy atom. The van der Waals surface area contributed by atoms with Gasteiger partial charge in [-0.05, 0) is 32.1 Å². The maximum atomic E-state index is 9.23. The molecule has 0 saturated heterocycles. The van der Waals surface area contributed by atoms with Crippen LogP contribution in [-0.4, -0.2) is 11.2 Å². The fraction of sp³-hybridized carbons (Fsp3) is 0.636. The van der Waals surface area contributed by atoms with Gasteiger partial charge in [-0.15, -0.1) is 6.58 Å². The highest BCUT2D eigenvalue weighted by atomic mass is 16.3. The molecule has 0 aliphatic heterocycles. The Balaban J connectivity index is 2.29. The van der Waals surface area contributed by atoms with E-state index < -0.39 is 0 Å². The second-order valence-electron chi connectivity index (χ2n) is 3.46. The van der Waals surface area contributed by atoms with Crippen molar-refractivity contribution in [3.63, 3.8) is 0 Å². The van der Waals surface area contributed by atoms with Gasteiger partial charge in [0.05, 0.1) is 6.10 Å². The number of allylic oxidation sites excluding steroid dienone is 1. The summed E-state index contributed by atoms with van der Waals surface area (Å²) in [6.45, 7) is 3.55. The Bertz CT molecular complexity index is 162. The highest BCUT2D eigenvalue weighted by Gasteiger charge is 2.05. The van der Waals surface area contributed by atoms with Gasteiger partial charge in [-0.2, -0.15) is 0 Å². The molecule has 1 saturated carbocycles. The number of aliphatic hydroxyl groups excluding tert-OH is 1. The first-order valence-corrected chi connectivity index (χ1v) is 4.81. The summed E-state index contributed by atoms with van der Waals surface area (Å²) in [4.78, 5) is 0. The first-order valence-electron chi connectivity index (χ1n) is 4.81. The third kappa shape index (κ3) is 3.22. The lowest BCUT2D eigenvalue weighted by atomic mass is 9.94.